The second kappa shape index (κ2) is 7.82. The fourth-order valence-electron chi connectivity index (χ4n) is 2.86. The molecule has 6 nitrogen and oxygen atoms in total. The fourth-order valence-corrected chi connectivity index (χ4v) is 2.86. The van der Waals surface area contributed by atoms with Gasteiger partial charge in [0.2, 0.25) is 5.91 Å². The molecule has 2 N–H and O–H groups in total. The SMILES string of the molecule is Cc1ccc(NC(=O)CN2C(=O)NC(CCc3ccccc3)C2=O)cc1. The van der Waals surface area contributed by atoms with Crippen LogP contribution >= 0.6 is 0 Å². The van der Waals surface area contributed by atoms with Crippen LogP contribution in [0.5, 0.6) is 0 Å². The van der Waals surface area contributed by atoms with Gasteiger partial charge in [-0.2, -0.15) is 0 Å². The Morgan fingerprint density at radius 1 is 1.08 bits per heavy atom. The zero-order chi connectivity index (χ0) is 18.5. The third-order valence-corrected chi connectivity index (χ3v) is 4.31. The maximum Gasteiger partial charge on any atom is 0.325 e. The summed E-state index contributed by atoms with van der Waals surface area (Å²) in [4.78, 5) is 37.6. The quantitative estimate of drug-likeness (QED) is 0.785. The van der Waals surface area contributed by atoms with Crippen LogP contribution in [0.15, 0.2) is 54.6 Å². The number of anilines is 1. The topological polar surface area (TPSA) is 78.5 Å². The molecule has 0 saturated carbocycles. The molecule has 1 unspecified atom stereocenters. The maximum atomic E-state index is 12.4. The molecule has 1 aliphatic heterocycles. The fraction of sp³-hybridized carbons (Fsp3) is 0.250. The van der Waals surface area contributed by atoms with E-state index in [-0.39, 0.29) is 12.5 Å². The number of hydrogen-bond acceptors (Lipinski definition) is 3. The molecule has 0 aliphatic carbocycles. The van der Waals surface area contributed by atoms with Gasteiger partial charge in [-0.15, -0.1) is 0 Å². The summed E-state index contributed by atoms with van der Waals surface area (Å²) in [7, 11) is 0. The standard InChI is InChI=1S/C20H21N3O3/c1-14-7-10-16(11-8-14)21-18(24)13-23-19(25)17(22-20(23)26)12-9-15-5-3-2-4-6-15/h2-8,10-11,17H,9,12-13H2,1H3,(H,21,24)(H,22,26). The zero-order valence-electron chi connectivity index (χ0n) is 14.6. The number of carbonyl (C=O) groups is 3. The van der Waals surface area contributed by atoms with Gasteiger partial charge in [-0.1, -0.05) is 48.0 Å². The number of amides is 4. The lowest BCUT2D eigenvalue weighted by Gasteiger charge is -2.13. The third kappa shape index (κ3) is 4.27. The summed E-state index contributed by atoms with van der Waals surface area (Å²) < 4.78 is 0. The second-order valence-corrected chi connectivity index (χ2v) is 6.36. The van der Waals surface area contributed by atoms with Crippen molar-refractivity contribution in [3.05, 3.63) is 65.7 Å². The average Bonchev–Trinajstić information content (AvgIpc) is 2.90. The largest absolute Gasteiger partial charge is 0.326 e. The predicted octanol–water partition coefficient (Wildman–Crippen LogP) is 2.49. The lowest BCUT2D eigenvalue weighted by atomic mass is 10.1. The second-order valence-electron chi connectivity index (χ2n) is 6.36. The number of imide groups is 1. The number of aryl methyl sites for hydroxylation is 2. The molecule has 0 bridgehead atoms. The van der Waals surface area contributed by atoms with Crippen LogP contribution in [0.3, 0.4) is 0 Å². The van der Waals surface area contributed by atoms with E-state index in [1.807, 2.05) is 49.4 Å². The first-order valence-corrected chi connectivity index (χ1v) is 8.55. The van der Waals surface area contributed by atoms with Gasteiger partial charge in [-0.05, 0) is 37.5 Å². The Morgan fingerprint density at radius 2 is 1.77 bits per heavy atom. The van der Waals surface area contributed by atoms with Gasteiger partial charge in [0.25, 0.3) is 5.91 Å². The molecule has 0 aromatic heterocycles. The molecule has 1 heterocycles. The molecule has 134 valence electrons. The summed E-state index contributed by atoms with van der Waals surface area (Å²) >= 11 is 0. The number of nitrogens with zero attached hydrogens (tertiary/aromatic N) is 1. The molecule has 1 saturated heterocycles. The van der Waals surface area contributed by atoms with Crippen LogP contribution in [0, 0.1) is 6.92 Å². The van der Waals surface area contributed by atoms with Crippen molar-refractivity contribution >= 4 is 23.5 Å². The zero-order valence-corrected chi connectivity index (χ0v) is 14.6. The van der Waals surface area contributed by atoms with E-state index >= 15 is 0 Å². The summed E-state index contributed by atoms with van der Waals surface area (Å²) in [5, 5.41) is 5.36. The molecule has 2 aromatic carbocycles. The van der Waals surface area contributed by atoms with E-state index in [1.165, 1.54) is 0 Å². The normalized spacial score (nSPS) is 16.5. The van der Waals surface area contributed by atoms with Gasteiger partial charge in [0.1, 0.15) is 12.6 Å². The Kier molecular flexibility index (Phi) is 5.31. The number of benzene rings is 2. The van der Waals surface area contributed by atoms with Gasteiger partial charge in [0.05, 0.1) is 0 Å². The van der Waals surface area contributed by atoms with Crippen LogP contribution in [0.2, 0.25) is 0 Å². The molecular formula is C20H21N3O3. The van der Waals surface area contributed by atoms with Gasteiger partial charge in [-0.25, -0.2) is 4.79 Å². The van der Waals surface area contributed by atoms with Crippen molar-refractivity contribution in [1.82, 2.24) is 10.2 Å². The first kappa shape index (κ1) is 17.7. The van der Waals surface area contributed by atoms with Gasteiger partial charge in [-0.3, -0.25) is 14.5 Å². The Bertz CT molecular complexity index is 803. The average molecular weight is 351 g/mol. The first-order chi connectivity index (χ1) is 12.5. The highest BCUT2D eigenvalue weighted by Gasteiger charge is 2.38. The van der Waals surface area contributed by atoms with Crippen LogP contribution in [0.4, 0.5) is 10.5 Å². The molecule has 26 heavy (non-hydrogen) atoms. The van der Waals surface area contributed by atoms with Crippen molar-refractivity contribution in [1.29, 1.82) is 0 Å². The molecule has 6 heteroatoms. The van der Waals surface area contributed by atoms with E-state index in [0.717, 1.165) is 16.0 Å². The molecule has 0 radical (unpaired) electrons. The molecular weight excluding hydrogens is 330 g/mol. The van der Waals surface area contributed by atoms with Crippen molar-refractivity contribution in [2.75, 3.05) is 11.9 Å². The summed E-state index contributed by atoms with van der Waals surface area (Å²) in [6.07, 6.45) is 1.19. The van der Waals surface area contributed by atoms with Crippen molar-refractivity contribution < 1.29 is 14.4 Å². The number of nitrogens with one attached hydrogen (secondary N) is 2. The maximum absolute atomic E-state index is 12.4. The van der Waals surface area contributed by atoms with Crippen LogP contribution in [-0.2, 0) is 16.0 Å². The smallest absolute Gasteiger partial charge is 0.325 e. The highest BCUT2D eigenvalue weighted by molar-refractivity contribution is 6.07. The van der Waals surface area contributed by atoms with E-state index < -0.39 is 18.0 Å². The summed E-state index contributed by atoms with van der Waals surface area (Å²) in [5.41, 5.74) is 2.82. The Morgan fingerprint density at radius 3 is 2.46 bits per heavy atom. The highest BCUT2D eigenvalue weighted by Crippen LogP contribution is 2.14. The van der Waals surface area contributed by atoms with E-state index in [4.69, 9.17) is 0 Å². The van der Waals surface area contributed by atoms with Gasteiger partial charge >= 0.3 is 6.03 Å². The van der Waals surface area contributed by atoms with Crippen LogP contribution in [0.1, 0.15) is 17.5 Å². The first-order valence-electron chi connectivity index (χ1n) is 8.55. The Labute approximate surface area is 152 Å². The lowest BCUT2D eigenvalue weighted by Crippen LogP contribution is -2.38. The molecule has 4 amide bonds. The van der Waals surface area contributed by atoms with Crippen molar-refractivity contribution in [2.45, 2.75) is 25.8 Å². The van der Waals surface area contributed by atoms with E-state index in [2.05, 4.69) is 10.6 Å². The van der Waals surface area contributed by atoms with Crippen molar-refractivity contribution in [2.24, 2.45) is 0 Å². The molecule has 0 spiro atoms. The third-order valence-electron chi connectivity index (χ3n) is 4.31. The minimum Gasteiger partial charge on any atom is -0.326 e. The molecule has 3 rings (SSSR count). The van der Waals surface area contributed by atoms with Crippen LogP contribution in [-0.4, -0.2) is 35.3 Å². The number of urea groups is 1. The molecule has 1 aliphatic rings. The van der Waals surface area contributed by atoms with E-state index in [0.29, 0.717) is 18.5 Å². The Balaban J connectivity index is 1.54. The van der Waals surface area contributed by atoms with Crippen molar-refractivity contribution in [3.8, 4) is 0 Å². The minimum atomic E-state index is -0.588. The summed E-state index contributed by atoms with van der Waals surface area (Å²) in [6.45, 7) is 1.66. The van der Waals surface area contributed by atoms with Crippen LogP contribution in [0.25, 0.3) is 0 Å². The predicted molar refractivity (Wildman–Crippen MR) is 98.6 cm³/mol. The number of rotatable bonds is 6. The van der Waals surface area contributed by atoms with Gasteiger partial charge < -0.3 is 10.6 Å². The van der Waals surface area contributed by atoms with Crippen molar-refractivity contribution in [3.63, 3.8) is 0 Å². The number of hydrogen-bond donors (Lipinski definition) is 2. The Hall–Kier alpha value is -3.15. The number of carbonyl (C=O) groups excluding carboxylic acids is 3. The van der Waals surface area contributed by atoms with E-state index in [1.54, 1.807) is 12.1 Å². The van der Waals surface area contributed by atoms with Crippen LogP contribution < -0.4 is 10.6 Å². The van der Waals surface area contributed by atoms with Gasteiger partial charge in [0, 0.05) is 5.69 Å². The molecule has 1 atom stereocenters. The lowest BCUT2D eigenvalue weighted by molar-refractivity contribution is -0.130. The molecule has 2 aromatic rings. The van der Waals surface area contributed by atoms with E-state index in [9.17, 15) is 14.4 Å². The summed E-state index contributed by atoms with van der Waals surface area (Å²) in [6, 6.07) is 16.0. The van der Waals surface area contributed by atoms with Gasteiger partial charge in [0.15, 0.2) is 0 Å². The molecule has 1 fully saturated rings. The summed E-state index contributed by atoms with van der Waals surface area (Å²) in [5.74, 6) is -0.758. The highest BCUT2D eigenvalue weighted by atomic mass is 16.2. The monoisotopic (exact) mass is 351 g/mol. The minimum absolute atomic E-state index is 0.291.